The van der Waals surface area contributed by atoms with Gasteiger partial charge in [-0.15, -0.1) is 0 Å². The molecular weight excluding hydrogens is 150 g/mol. The Hall–Kier alpha value is -0.530. The van der Waals surface area contributed by atoms with Gasteiger partial charge in [0, 0.05) is 5.92 Å². The van der Waals surface area contributed by atoms with Gasteiger partial charge in [0.05, 0.1) is 0 Å². The first-order chi connectivity index (χ1) is 5.43. The molecule has 0 aliphatic carbocycles. The Morgan fingerprint density at radius 1 is 1.17 bits per heavy atom. The second-order valence-corrected chi connectivity index (χ2v) is 4.27. The van der Waals surface area contributed by atoms with Gasteiger partial charge in [-0.05, 0) is 24.7 Å². The van der Waals surface area contributed by atoms with Crippen molar-refractivity contribution in [3.63, 3.8) is 0 Å². The summed E-state index contributed by atoms with van der Waals surface area (Å²) in [4.78, 5) is 10.7. The molecule has 2 nitrogen and oxygen atoms in total. The molecule has 2 N–H and O–H groups in total. The second-order valence-electron chi connectivity index (χ2n) is 4.27. The number of hydrogen-bond donors (Lipinski definition) is 1. The molecule has 0 fully saturated rings. The first-order valence-corrected chi connectivity index (χ1v) is 4.72. The molecule has 1 amide bonds. The molecule has 0 aromatic heterocycles. The van der Waals surface area contributed by atoms with E-state index in [0.29, 0.717) is 11.8 Å². The van der Waals surface area contributed by atoms with Crippen molar-refractivity contribution in [2.45, 2.75) is 40.5 Å². The topological polar surface area (TPSA) is 43.1 Å². The Kier molecular flexibility index (Phi) is 4.95. The highest BCUT2D eigenvalue weighted by Gasteiger charge is 2.13. The molecule has 0 radical (unpaired) electrons. The molecule has 0 spiro atoms. The maximum Gasteiger partial charge on any atom is 0.220 e. The Bertz CT molecular complexity index is 143. The fraction of sp³-hybridized carbons (Fsp3) is 0.900. The molecule has 12 heavy (non-hydrogen) atoms. The van der Waals surface area contributed by atoms with Crippen LogP contribution in [0.2, 0.25) is 0 Å². The molecule has 0 bridgehead atoms. The molecule has 2 heteroatoms. The fourth-order valence-corrected chi connectivity index (χ4v) is 1.62. The summed E-state index contributed by atoms with van der Waals surface area (Å²) in [6.45, 7) is 8.48. The number of carbonyl (C=O) groups is 1. The first kappa shape index (κ1) is 11.5. The monoisotopic (exact) mass is 171 g/mol. The molecule has 0 saturated carbocycles. The van der Waals surface area contributed by atoms with E-state index in [4.69, 9.17) is 5.73 Å². The number of nitrogens with two attached hydrogens (primary N) is 1. The van der Waals surface area contributed by atoms with Crippen LogP contribution in [0.3, 0.4) is 0 Å². The number of primary amides is 1. The Balaban J connectivity index is 3.68. The minimum atomic E-state index is -0.175. The highest BCUT2D eigenvalue weighted by atomic mass is 16.1. The standard InChI is InChI=1S/C10H21NO/c1-7(2)5-8(3)6-9(4)10(11)12/h7-9H,5-6H2,1-4H3,(H2,11,12)/t8-,9?/m0/s1. The van der Waals surface area contributed by atoms with E-state index in [1.807, 2.05) is 6.92 Å². The smallest absolute Gasteiger partial charge is 0.220 e. The van der Waals surface area contributed by atoms with Crippen LogP contribution >= 0.6 is 0 Å². The molecular formula is C10H21NO. The maximum absolute atomic E-state index is 10.7. The van der Waals surface area contributed by atoms with Gasteiger partial charge in [-0.2, -0.15) is 0 Å². The van der Waals surface area contributed by atoms with Crippen LogP contribution in [-0.2, 0) is 4.79 Å². The largest absolute Gasteiger partial charge is 0.369 e. The molecule has 0 saturated heterocycles. The Labute approximate surface area is 75.5 Å². The van der Waals surface area contributed by atoms with E-state index in [1.54, 1.807) is 0 Å². The quantitative estimate of drug-likeness (QED) is 0.677. The predicted molar refractivity (Wildman–Crippen MR) is 51.6 cm³/mol. The molecule has 0 heterocycles. The van der Waals surface area contributed by atoms with Crippen molar-refractivity contribution in [3.8, 4) is 0 Å². The summed E-state index contributed by atoms with van der Waals surface area (Å²) < 4.78 is 0. The number of hydrogen-bond acceptors (Lipinski definition) is 1. The van der Waals surface area contributed by atoms with Crippen LogP contribution < -0.4 is 5.73 Å². The van der Waals surface area contributed by atoms with Gasteiger partial charge in [-0.1, -0.05) is 27.7 Å². The lowest BCUT2D eigenvalue weighted by Gasteiger charge is -2.16. The lowest BCUT2D eigenvalue weighted by atomic mass is 9.90. The van der Waals surface area contributed by atoms with Gasteiger partial charge >= 0.3 is 0 Å². The van der Waals surface area contributed by atoms with E-state index >= 15 is 0 Å². The van der Waals surface area contributed by atoms with Crippen LogP contribution in [0.5, 0.6) is 0 Å². The summed E-state index contributed by atoms with van der Waals surface area (Å²) in [6, 6.07) is 0. The summed E-state index contributed by atoms with van der Waals surface area (Å²) in [5, 5.41) is 0. The van der Waals surface area contributed by atoms with Gasteiger partial charge in [-0.25, -0.2) is 0 Å². The predicted octanol–water partition coefficient (Wildman–Crippen LogP) is 2.18. The minimum Gasteiger partial charge on any atom is -0.369 e. The van der Waals surface area contributed by atoms with Crippen LogP contribution in [0.25, 0.3) is 0 Å². The van der Waals surface area contributed by atoms with Crippen molar-refractivity contribution < 1.29 is 4.79 Å². The van der Waals surface area contributed by atoms with Crippen molar-refractivity contribution in [3.05, 3.63) is 0 Å². The third-order valence-electron chi connectivity index (χ3n) is 2.12. The normalized spacial score (nSPS) is 16.1. The van der Waals surface area contributed by atoms with E-state index in [1.165, 1.54) is 6.42 Å². The Morgan fingerprint density at radius 3 is 2.00 bits per heavy atom. The highest BCUT2D eigenvalue weighted by Crippen LogP contribution is 2.18. The van der Waals surface area contributed by atoms with Crippen molar-refractivity contribution in [1.82, 2.24) is 0 Å². The molecule has 72 valence electrons. The highest BCUT2D eigenvalue weighted by molar-refractivity contribution is 5.76. The molecule has 1 unspecified atom stereocenters. The fourth-order valence-electron chi connectivity index (χ4n) is 1.62. The SMILES string of the molecule is CC(C)C[C@H](C)CC(C)C(N)=O. The number of carbonyl (C=O) groups excluding carboxylic acids is 1. The zero-order valence-electron chi connectivity index (χ0n) is 8.63. The van der Waals surface area contributed by atoms with Crippen molar-refractivity contribution >= 4 is 5.91 Å². The molecule has 2 atom stereocenters. The van der Waals surface area contributed by atoms with E-state index in [0.717, 1.165) is 6.42 Å². The van der Waals surface area contributed by atoms with E-state index < -0.39 is 0 Å². The summed E-state index contributed by atoms with van der Waals surface area (Å²) >= 11 is 0. The zero-order valence-corrected chi connectivity index (χ0v) is 8.63. The first-order valence-electron chi connectivity index (χ1n) is 4.72. The number of amides is 1. The molecule has 0 aromatic carbocycles. The molecule has 0 aliphatic rings. The Morgan fingerprint density at radius 2 is 1.67 bits per heavy atom. The van der Waals surface area contributed by atoms with Crippen LogP contribution in [0, 0.1) is 17.8 Å². The van der Waals surface area contributed by atoms with Crippen LogP contribution in [0.4, 0.5) is 0 Å². The average Bonchev–Trinajstić information content (AvgIpc) is 1.84. The van der Waals surface area contributed by atoms with Crippen LogP contribution in [-0.4, -0.2) is 5.91 Å². The van der Waals surface area contributed by atoms with E-state index in [-0.39, 0.29) is 11.8 Å². The van der Waals surface area contributed by atoms with E-state index in [9.17, 15) is 4.79 Å². The average molecular weight is 171 g/mol. The minimum absolute atomic E-state index is 0.0266. The van der Waals surface area contributed by atoms with Gasteiger partial charge in [-0.3, -0.25) is 4.79 Å². The lowest BCUT2D eigenvalue weighted by Crippen LogP contribution is -2.22. The van der Waals surface area contributed by atoms with Gasteiger partial charge in [0.15, 0.2) is 0 Å². The third-order valence-corrected chi connectivity index (χ3v) is 2.12. The van der Waals surface area contributed by atoms with Crippen molar-refractivity contribution in [2.75, 3.05) is 0 Å². The van der Waals surface area contributed by atoms with Gasteiger partial charge in [0.25, 0.3) is 0 Å². The van der Waals surface area contributed by atoms with Crippen LogP contribution in [0.15, 0.2) is 0 Å². The maximum atomic E-state index is 10.7. The van der Waals surface area contributed by atoms with Crippen LogP contribution in [0.1, 0.15) is 40.5 Å². The summed E-state index contributed by atoms with van der Waals surface area (Å²) in [5.41, 5.74) is 5.18. The van der Waals surface area contributed by atoms with Gasteiger partial charge in [0.2, 0.25) is 5.91 Å². The number of rotatable bonds is 5. The third kappa shape index (κ3) is 5.16. The zero-order chi connectivity index (χ0) is 9.72. The molecule has 0 aromatic rings. The molecule has 0 rings (SSSR count). The van der Waals surface area contributed by atoms with Crippen molar-refractivity contribution in [1.29, 1.82) is 0 Å². The summed E-state index contributed by atoms with van der Waals surface area (Å²) in [7, 11) is 0. The molecule has 0 aliphatic heterocycles. The summed E-state index contributed by atoms with van der Waals surface area (Å²) in [6.07, 6.45) is 2.10. The summed E-state index contributed by atoms with van der Waals surface area (Å²) in [5.74, 6) is 1.16. The second kappa shape index (κ2) is 5.18. The van der Waals surface area contributed by atoms with Gasteiger partial charge in [0.1, 0.15) is 0 Å². The van der Waals surface area contributed by atoms with E-state index in [2.05, 4.69) is 20.8 Å². The lowest BCUT2D eigenvalue weighted by molar-refractivity contribution is -0.121. The van der Waals surface area contributed by atoms with Crippen molar-refractivity contribution in [2.24, 2.45) is 23.5 Å². The van der Waals surface area contributed by atoms with Gasteiger partial charge < -0.3 is 5.73 Å².